The summed E-state index contributed by atoms with van der Waals surface area (Å²) in [6.45, 7) is 4.14. The van der Waals surface area contributed by atoms with Gasteiger partial charge < -0.3 is 5.11 Å². The van der Waals surface area contributed by atoms with E-state index >= 15 is 0 Å². The first-order valence-corrected chi connectivity index (χ1v) is 6.64. The molecule has 1 aromatic rings. The van der Waals surface area contributed by atoms with E-state index in [1.165, 1.54) is 6.07 Å². The lowest BCUT2D eigenvalue weighted by molar-refractivity contribution is -0.0182. The lowest BCUT2D eigenvalue weighted by Crippen LogP contribution is -2.45. The van der Waals surface area contributed by atoms with Crippen LogP contribution < -0.4 is 0 Å². The lowest BCUT2D eigenvalue weighted by Gasteiger charge is -2.37. The second-order valence-corrected chi connectivity index (χ2v) is 5.90. The van der Waals surface area contributed by atoms with Crippen molar-refractivity contribution < 1.29 is 9.50 Å². The average molecular weight is 302 g/mol. The van der Waals surface area contributed by atoms with Crippen LogP contribution in [0, 0.1) is 5.82 Å². The predicted octanol–water partition coefficient (Wildman–Crippen LogP) is 2.94. The average Bonchev–Trinajstić information content (AvgIpc) is 2.22. The Morgan fingerprint density at radius 1 is 1.53 bits per heavy atom. The highest BCUT2D eigenvalue weighted by Crippen LogP contribution is 2.24. The summed E-state index contributed by atoms with van der Waals surface area (Å²) >= 11 is 3.43. The quantitative estimate of drug-likeness (QED) is 0.908. The fourth-order valence-corrected chi connectivity index (χ4v) is 2.74. The van der Waals surface area contributed by atoms with Crippen molar-refractivity contribution in [2.75, 3.05) is 13.1 Å². The second-order valence-electron chi connectivity index (χ2n) is 5.05. The number of hydrogen-bond donors (Lipinski definition) is 1. The van der Waals surface area contributed by atoms with Gasteiger partial charge in [-0.3, -0.25) is 4.90 Å². The van der Waals surface area contributed by atoms with E-state index in [-0.39, 0.29) is 5.82 Å². The van der Waals surface area contributed by atoms with E-state index in [4.69, 9.17) is 0 Å². The first kappa shape index (κ1) is 13.0. The van der Waals surface area contributed by atoms with Gasteiger partial charge in [-0.25, -0.2) is 4.39 Å². The van der Waals surface area contributed by atoms with Crippen LogP contribution in [0.15, 0.2) is 22.7 Å². The van der Waals surface area contributed by atoms with Crippen LogP contribution in [0.25, 0.3) is 0 Å². The van der Waals surface area contributed by atoms with Gasteiger partial charge in [-0.15, -0.1) is 0 Å². The maximum Gasteiger partial charge on any atom is 0.123 e. The molecule has 1 saturated heterocycles. The molecule has 0 spiro atoms. The van der Waals surface area contributed by atoms with Crippen molar-refractivity contribution in [2.24, 2.45) is 0 Å². The molecule has 1 unspecified atom stereocenters. The number of β-amino-alcohol motifs (C(OH)–C–C–N with tert-alkyl or cyclic N) is 1. The van der Waals surface area contributed by atoms with Gasteiger partial charge in [-0.1, -0.05) is 15.9 Å². The minimum atomic E-state index is -0.613. The monoisotopic (exact) mass is 301 g/mol. The van der Waals surface area contributed by atoms with Crippen LogP contribution in [0.3, 0.4) is 0 Å². The highest BCUT2D eigenvalue weighted by atomic mass is 79.9. The van der Waals surface area contributed by atoms with Crippen molar-refractivity contribution in [2.45, 2.75) is 31.9 Å². The number of likely N-dealkylation sites (tertiary alicyclic amines) is 1. The molecule has 1 aliphatic heterocycles. The van der Waals surface area contributed by atoms with E-state index in [0.717, 1.165) is 29.4 Å². The van der Waals surface area contributed by atoms with Crippen LogP contribution in [0.5, 0.6) is 0 Å². The van der Waals surface area contributed by atoms with E-state index in [0.29, 0.717) is 13.1 Å². The van der Waals surface area contributed by atoms with Gasteiger partial charge >= 0.3 is 0 Å². The number of rotatable bonds is 2. The SMILES string of the molecule is CC1(O)CCCN(Cc2cc(F)ccc2Br)C1. The number of hydrogen-bond acceptors (Lipinski definition) is 2. The largest absolute Gasteiger partial charge is 0.389 e. The third-order valence-corrected chi connectivity index (χ3v) is 3.93. The number of nitrogens with zero attached hydrogens (tertiary/aromatic N) is 1. The Morgan fingerprint density at radius 3 is 3.00 bits per heavy atom. The van der Waals surface area contributed by atoms with E-state index in [1.807, 2.05) is 6.92 Å². The number of halogens is 2. The highest BCUT2D eigenvalue weighted by Gasteiger charge is 2.28. The molecule has 0 radical (unpaired) electrons. The molecule has 1 fully saturated rings. The van der Waals surface area contributed by atoms with Gasteiger partial charge in [0.2, 0.25) is 0 Å². The topological polar surface area (TPSA) is 23.5 Å². The van der Waals surface area contributed by atoms with E-state index in [9.17, 15) is 9.50 Å². The molecule has 1 aromatic carbocycles. The summed E-state index contributed by atoms with van der Waals surface area (Å²) in [5.74, 6) is -0.216. The molecule has 1 N–H and O–H groups in total. The highest BCUT2D eigenvalue weighted by molar-refractivity contribution is 9.10. The van der Waals surface area contributed by atoms with Crippen molar-refractivity contribution in [1.29, 1.82) is 0 Å². The minimum Gasteiger partial charge on any atom is -0.389 e. The van der Waals surface area contributed by atoms with Crippen molar-refractivity contribution in [3.63, 3.8) is 0 Å². The molecular formula is C13H17BrFNO. The molecule has 17 heavy (non-hydrogen) atoms. The zero-order chi connectivity index (χ0) is 12.5. The van der Waals surface area contributed by atoms with Gasteiger partial charge in [0, 0.05) is 17.6 Å². The fraction of sp³-hybridized carbons (Fsp3) is 0.538. The molecule has 0 aliphatic carbocycles. The van der Waals surface area contributed by atoms with Crippen molar-refractivity contribution in [3.8, 4) is 0 Å². The lowest BCUT2D eigenvalue weighted by atomic mass is 9.95. The van der Waals surface area contributed by atoms with Crippen LogP contribution in [0.1, 0.15) is 25.3 Å². The molecule has 94 valence electrons. The molecule has 0 bridgehead atoms. The molecule has 4 heteroatoms. The zero-order valence-corrected chi connectivity index (χ0v) is 11.5. The summed E-state index contributed by atoms with van der Waals surface area (Å²) in [5.41, 5.74) is 0.320. The Kier molecular flexibility index (Phi) is 3.85. The predicted molar refractivity (Wildman–Crippen MR) is 69.2 cm³/mol. The van der Waals surface area contributed by atoms with Crippen LogP contribution >= 0.6 is 15.9 Å². The standard InChI is InChI=1S/C13H17BrFNO/c1-13(17)5-2-6-16(9-13)8-10-7-11(15)3-4-12(10)14/h3-4,7,17H,2,5-6,8-9H2,1H3. The molecule has 1 heterocycles. The first-order valence-electron chi connectivity index (χ1n) is 5.85. The Morgan fingerprint density at radius 2 is 2.29 bits per heavy atom. The molecule has 0 aromatic heterocycles. The molecule has 1 atom stereocenters. The van der Waals surface area contributed by atoms with Gasteiger partial charge in [0.05, 0.1) is 5.60 Å². The Hall–Kier alpha value is -0.450. The summed E-state index contributed by atoms with van der Waals surface area (Å²) < 4.78 is 14.1. The molecule has 1 aliphatic rings. The van der Waals surface area contributed by atoms with E-state index in [1.54, 1.807) is 12.1 Å². The zero-order valence-electron chi connectivity index (χ0n) is 9.92. The van der Waals surface area contributed by atoms with Gasteiger partial charge in [0.1, 0.15) is 5.82 Å². The van der Waals surface area contributed by atoms with Crippen LogP contribution in [-0.2, 0) is 6.54 Å². The fourth-order valence-electron chi connectivity index (χ4n) is 2.36. The molecule has 2 nitrogen and oxygen atoms in total. The Labute approximate surface area is 110 Å². The summed E-state index contributed by atoms with van der Waals surface area (Å²) in [5, 5.41) is 10.0. The Balaban J connectivity index is 2.07. The summed E-state index contributed by atoms with van der Waals surface area (Å²) in [6.07, 6.45) is 1.83. The number of piperidine rings is 1. The number of aliphatic hydroxyl groups is 1. The van der Waals surface area contributed by atoms with Crippen molar-refractivity contribution in [1.82, 2.24) is 4.90 Å². The molecule has 0 amide bonds. The van der Waals surface area contributed by atoms with Gasteiger partial charge in [-0.2, -0.15) is 0 Å². The summed E-state index contributed by atoms with van der Waals surface area (Å²) in [7, 11) is 0. The maximum atomic E-state index is 13.2. The molecule has 2 rings (SSSR count). The maximum absolute atomic E-state index is 13.2. The first-order chi connectivity index (χ1) is 7.96. The number of benzene rings is 1. The third-order valence-electron chi connectivity index (χ3n) is 3.16. The van der Waals surface area contributed by atoms with Crippen LogP contribution in [0.4, 0.5) is 4.39 Å². The van der Waals surface area contributed by atoms with Crippen LogP contribution in [-0.4, -0.2) is 28.7 Å². The second kappa shape index (κ2) is 5.04. The minimum absolute atomic E-state index is 0.216. The van der Waals surface area contributed by atoms with E-state index < -0.39 is 5.60 Å². The Bertz CT molecular complexity index is 408. The summed E-state index contributed by atoms with van der Waals surface area (Å²) in [4.78, 5) is 2.17. The molecule has 0 saturated carbocycles. The normalized spacial score (nSPS) is 26.1. The van der Waals surface area contributed by atoms with Gasteiger partial charge in [0.15, 0.2) is 0 Å². The van der Waals surface area contributed by atoms with Crippen molar-refractivity contribution in [3.05, 3.63) is 34.1 Å². The van der Waals surface area contributed by atoms with Gasteiger partial charge in [0.25, 0.3) is 0 Å². The summed E-state index contributed by atoms with van der Waals surface area (Å²) in [6, 6.07) is 4.72. The van der Waals surface area contributed by atoms with Crippen LogP contribution in [0.2, 0.25) is 0 Å². The third kappa shape index (κ3) is 3.50. The van der Waals surface area contributed by atoms with Crippen molar-refractivity contribution >= 4 is 15.9 Å². The smallest absolute Gasteiger partial charge is 0.123 e. The molecular weight excluding hydrogens is 285 g/mol. The van der Waals surface area contributed by atoms with E-state index in [2.05, 4.69) is 20.8 Å². The van der Waals surface area contributed by atoms with Gasteiger partial charge in [-0.05, 0) is 50.1 Å².